The lowest BCUT2D eigenvalue weighted by Gasteiger charge is -2.24. The average molecular weight is 1840 g/mol. The van der Waals surface area contributed by atoms with Gasteiger partial charge in [-0.25, -0.2) is 26.3 Å². The molecule has 21 rings (SSSR count). The number of hydrogen-bond acceptors (Lipinski definition) is 14. The van der Waals surface area contributed by atoms with Crippen LogP contribution < -0.4 is 0 Å². The number of rotatable bonds is 7. The van der Waals surface area contributed by atoms with Crippen LogP contribution >= 0.6 is 11.3 Å². The van der Waals surface area contributed by atoms with Gasteiger partial charge in [0.15, 0.2) is 28.9 Å². The molecule has 0 fully saturated rings. The molecule has 660 valence electrons. The van der Waals surface area contributed by atoms with Crippen LogP contribution in [0, 0.1) is 171 Å². The molecule has 0 aliphatic rings. The molecule has 0 saturated heterocycles. The number of thiophene rings is 1. The molecule has 0 saturated carbocycles. The molecular weight excluding hydrogens is 1780 g/mol. The predicted molar refractivity (Wildman–Crippen MR) is 530 cm³/mol. The minimum absolute atomic E-state index is 0.0354. The van der Waals surface area contributed by atoms with Gasteiger partial charge in [-0.15, -0.1) is 11.3 Å². The third kappa shape index (κ3) is 17.5. The van der Waals surface area contributed by atoms with Crippen molar-refractivity contribution in [3.63, 3.8) is 0 Å². The molecule has 0 aliphatic carbocycles. The van der Waals surface area contributed by atoms with E-state index in [4.69, 9.17) is 25.5 Å². The zero-order valence-corrected chi connectivity index (χ0v) is 74.9. The summed E-state index contributed by atoms with van der Waals surface area (Å²) in [5.74, 6) is -3.71. The van der Waals surface area contributed by atoms with Crippen molar-refractivity contribution in [1.82, 2.24) is 9.13 Å². The first kappa shape index (κ1) is 93.1. The molecule has 15 nitrogen and oxygen atoms in total. The number of furan rings is 1. The quantitative estimate of drug-likeness (QED) is 0.134. The van der Waals surface area contributed by atoms with Gasteiger partial charge in [-0.3, -0.25) is 0 Å². The lowest BCUT2D eigenvalue weighted by molar-refractivity contribution is 0.581. The summed E-state index contributed by atoms with van der Waals surface area (Å²) in [6.45, 7) is 6.13. The van der Waals surface area contributed by atoms with E-state index in [0.717, 1.165) is 87.8 Å². The van der Waals surface area contributed by atoms with Crippen molar-refractivity contribution < 1.29 is 30.8 Å². The lowest BCUT2D eigenvalue weighted by atomic mass is 9.80. The molecule has 22 heteroatoms. The fraction of sp³-hybridized carbons (Fsp3) is 0.0339. The van der Waals surface area contributed by atoms with Gasteiger partial charge in [0.05, 0.1) is 130 Å². The normalized spacial score (nSPS) is 10.5. The largest absolute Gasteiger partial charge is 0.453 e. The molecule has 0 amide bonds. The number of halogens is 6. The molecule has 0 atom stereocenters. The molecule has 21 aromatic rings. The molecule has 17 aromatic carbocycles. The highest BCUT2D eigenvalue weighted by Crippen LogP contribution is 2.47. The molecule has 140 heavy (non-hydrogen) atoms. The fourth-order valence-corrected chi connectivity index (χ4v) is 18.4. The third-order valence-corrected chi connectivity index (χ3v) is 24.6. The molecule has 0 N–H and O–H groups in total. The van der Waals surface area contributed by atoms with Gasteiger partial charge >= 0.3 is 0 Å². The topological polar surface area (TPSA) is 308 Å². The van der Waals surface area contributed by atoms with Crippen LogP contribution in [0.3, 0.4) is 0 Å². The molecule has 0 bridgehead atoms. The van der Waals surface area contributed by atoms with Crippen molar-refractivity contribution in [1.29, 1.82) is 63.1 Å². The first-order valence-electron chi connectivity index (χ1n) is 43.0. The second kappa shape index (κ2) is 40.5. The summed E-state index contributed by atoms with van der Waals surface area (Å²) < 4.78 is 97.3. The second-order valence-electron chi connectivity index (χ2n) is 32.4. The number of benzene rings is 17. The molecule has 0 aliphatic heterocycles. The SMILES string of the molecule is CC(C)(C)c1ccccc1-c1c(C#N)ccc(F)c1C#N.N#Cc1cc(C#N)c2c(oc3ccccc32)c1F.N#Cc1cc(C#N)c2c(sc3ccccc32)c1F.N#Cc1cc(C#N)c2c3cc(-c4ccccc4)ccc3n(-c3ccccc3)c2c1F.N#Cc1cc(C#N)c2c3ccccc3n(-c3ccccc3)c2c1F.N#Cc1ccc(F)c(C#N)c1-c1c(-c2ccccc2)cccc1-c1ccccc1. The molecule has 0 unspecified atom stereocenters. The first-order chi connectivity index (χ1) is 68.1. The predicted octanol–water partition coefficient (Wildman–Crippen LogP) is 29.5. The summed E-state index contributed by atoms with van der Waals surface area (Å²) in [4.78, 5) is 0. The summed E-state index contributed by atoms with van der Waals surface area (Å²) in [6.07, 6.45) is 0. The van der Waals surface area contributed by atoms with E-state index >= 15 is 8.78 Å². The highest BCUT2D eigenvalue weighted by Gasteiger charge is 2.29. The number of nitriles is 12. The number of hydrogen-bond donors (Lipinski definition) is 0. The van der Waals surface area contributed by atoms with Crippen LogP contribution in [-0.4, -0.2) is 9.13 Å². The van der Waals surface area contributed by atoms with E-state index < -0.39 is 34.9 Å². The monoisotopic (exact) mass is 1840 g/mol. The zero-order valence-electron chi connectivity index (χ0n) is 74.1. The molecular formula is C118H64F6N14OS. The van der Waals surface area contributed by atoms with Gasteiger partial charge in [0.2, 0.25) is 0 Å². The molecule has 4 aromatic heterocycles. The minimum atomic E-state index is -0.720. The highest BCUT2D eigenvalue weighted by atomic mass is 32.1. The summed E-state index contributed by atoms with van der Waals surface area (Å²) >= 11 is 1.27. The number of fused-ring (bicyclic) bond motifs is 12. The first-order valence-corrected chi connectivity index (χ1v) is 43.8. The van der Waals surface area contributed by atoms with Gasteiger partial charge in [0, 0.05) is 75.9 Å². The van der Waals surface area contributed by atoms with Crippen LogP contribution in [0.4, 0.5) is 26.3 Å². The number of para-hydroxylation sites is 4. The van der Waals surface area contributed by atoms with Crippen LogP contribution in [0.25, 0.3) is 153 Å². The van der Waals surface area contributed by atoms with Crippen molar-refractivity contribution in [2.24, 2.45) is 0 Å². The molecule has 4 heterocycles. The maximum atomic E-state index is 15.4. The number of nitrogens with zero attached hydrogens (tertiary/aromatic N) is 14. The van der Waals surface area contributed by atoms with E-state index in [2.05, 4.69) is 24.3 Å². The van der Waals surface area contributed by atoms with Crippen LogP contribution in [0.5, 0.6) is 0 Å². The Morgan fingerprint density at radius 3 is 1.16 bits per heavy atom. The smallest absolute Gasteiger partial charge is 0.184 e. The second-order valence-corrected chi connectivity index (χ2v) is 33.5. The van der Waals surface area contributed by atoms with E-state index in [0.29, 0.717) is 70.6 Å². The Kier molecular flexibility index (Phi) is 26.9. The Balaban J connectivity index is 0.000000122. The van der Waals surface area contributed by atoms with Crippen molar-refractivity contribution in [2.75, 3.05) is 0 Å². The van der Waals surface area contributed by atoms with E-state index in [1.54, 1.807) is 45.5 Å². The van der Waals surface area contributed by atoms with Gasteiger partial charge in [-0.1, -0.05) is 251 Å². The van der Waals surface area contributed by atoms with Crippen molar-refractivity contribution in [3.05, 3.63) is 441 Å². The highest BCUT2D eigenvalue weighted by molar-refractivity contribution is 7.26. The van der Waals surface area contributed by atoms with E-state index in [1.165, 1.54) is 59.9 Å². The Morgan fingerprint density at radius 2 is 0.657 bits per heavy atom. The summed E-state index contributed by atoms with van der Waals surface area (Å²) in [5.41, 5.74) is 13.6. The maximum Gasteiger partial charge on any atom is 0.184 e. The average Bonchev–Trinajstić information content (AvgIpc) is 1.56. The van der Waals surface area contributed by atoms with E-state index in [9.17, 15) is 59.7 Å². The third-order valence-electron chi connectivity index (χ3n) is 23.4. The van der Waals surface area contributed by atoms with Gasteiger partial charge in [0.25, 0.3) is 0 Å². The minimum Gasteiger partial charge on any atom is -0.453 e. The van der Waals surface area contributed by atoms with Gasteiger partial charge in [-0.05, 0) is 153 Å². The van der Waals surface area contributed by atoms with Gasteiger partial charge < -0.3 is 13.6 Å². The summed E-state index contributed by atoms with van der Waals surface area (Å²) in [7, 11) is 0. The summed E-state index contributed by atoms with van der Waals surface area (Å²) in [6, 6.07) is 123. The molecule has 0 radical (unpaired) electrons. The van der Waals surface area contributed by atoms with Crippen molar-refractivity contribution in [3.8, 4) is 140 Å². The maximum absolute atomic E-state index is 15.4. The van der Waals surface area contributed by atoms with E-state index in [-0.39, 0.29) is 72.1 Å². The van der Waals surface area contributed by atoms with E-state index in [1.807, 2.05) is 318 Å². The van der Waals surface area contributed by atoms with Crippen molar-refractivity contribution in [2.45, 2.75) is 26.2 Å². The Labute approximate surface area is 801 Å². The Bertz CT molecular complexity index is 8950. The van der Waals surface area contributed by atoms with Crippen LogP contribution in [0.15, 0.2) is 338 Å². The van der Waals surface area contributed by atoms with Crippen LogP contribution in [0.2, 0.25) is 0 Å². The van der Waals surface area contributed by atoms with Crippen molar-refractivity contribution >= 4 is 97.1 Å². The number of aromatic nitrogens is 2. The fourth-order valence-electron chi connectivity index (χ4n) is 17.2. The van der Waals surface area contributed by atoms with Crippen LogP contribution in [-0.2, 0) is 5.41 Å². The Morgan fingerprint density at radius 1 is 0.271 bits per heavy atom. The van der Waals surface area contributed by atoms with Gasteiger partial charge in [-0.2, -0.15) is 63.1 Å². The summed E-state index contributed by atoms with van der Waals surface area (Å²) in [5, 5.41) is 117. The van der Waals surface area contributed by atoms with Gasteiger partial charge in [0.1, 0.15) is 53.6 Å². The van der Waals surface area contributed by atoms with Crippen LogP contribution in [0.1, 0.15) is 93.1 Å². The molecule has 0 spiro atoms. The lowest BCUT2D eigenvalue weighted by Crippen LogP contribution is -2.13. The Hall–Kier alpha value is -20.2. The zero-order chi connectivity index (χ0) is 98.6. The standard InChI is InChI=1S/C26H14FN3.C26H15FN2.C20H10FN3.C18H15FN2.C14H5FN2O.C14H5FN2S/c27-25-20(16-29)13-19(15-28)24-22-14-18(17-7-3-1-4-8-17)11-12-23(22)30(26(24)25)21-9-5-2-6-10-21;27-24-15-14-20(16-28)25(23(24)17-29)26-21(18-8-3-1-4-9-18)12-7-13-22(26)19-10-5-2-6-11-19;21-19-14(12-23)10-13(11-22)18-16-8-4-5-9-17(16)24(20(18)19)15-6-2-1-3-7-15;1-18(2,3)15-7-5-4-6-13(15)17-12(10-20)8-9-16(19)14(17)11-21;2*15-13-9(7-17)5-8(6-16)12-10-3-1-2-4-11(10)18-14(12)13/h1-14H;1-15H;1-10H;4-9H,1-3H3;2*1-5H.